The van der Waals surface area contributed by atoms with E-state index in [0.29, 0.717) is 20.3 Å². The largest absolute Gasteiger partial charge is 0.122 e. The molecular weight excluding hydrogens is 472 g/mol. The van der Waals surface area contributed by atoms with Crippen molar-refractivity contribution in [2.75, 3.05) is 0 Å². The maximum Gasteiger partial charge on any atom is 0.122 e. The molecule has 206 valence electrons. The molecule has 2 aliphatic carbocycles. The fourth-order valence-corrected chi connectivity index (χ4v) is 10.5. The molecule has 0 aromatic heterocycles. The first-order valence-corrected chi connectivity index (χ1v) is 16.9. The van der Waals surface area contributed by atoms with Crippen molar-refractivity contribution in [2.24, 2.45) is 0 Å². The van der Waals surface area contributed by atoms with Crippen LogP contribution >= 0.6 is 0 Å². The van der Waals surface area contributed by atoms with Gasteiger partial charge in [-0.1, -0.05) is 108 Å². The Labute approximate surface area is 237 Å². The number of benzene rings is 2. The molecule has 0 N–H and O–H groups in total. The zero-order chi connectivity index (χ0) is 27.9. The van der Waals surface area contributed by atoms with Gasteiger partial charge in [0.25, 0.3) is 0 Å². The van der Waals surface area contributed by atoms with Gasteiger partial charge >= 0.3 is 0 Å². The molecule has 0 nitrogen and oxygen atoms in total. The minimum atomic E-state index is 0.281. The van der Waals surface area contributed by atoms with E-state index in [1.54, 1.807) is 27.4 Å². The molecule has 0 atom stereocenters. The number of fused-ring (bicyclic) bond motifs is 2. The molecule has 0 saturated carbocycles. The highest BCUT2D eigenvalue weighted by Crippen LogP contribution is 2.61. The van der Waals surface area contributed by atoms with E-state index >= 15 is 0 Å². The number of hydrogen-bond acceptors (Lipinski definition) is 0. The van der Waals surface area contributed by atoms with E-state index in [1.165, 1.54) is 80.5 Å². The van der Waals surface area contributed by atoms with Gasteiger partial charge in [0, 0.05) is 0 Å². The Kier molecular flexibility index (Phi) is 8.32. The molecule has 1 heteroatoms. The maximum absolute atomic E-state index is 4.77. The Hall–Kier alpha value is -1.60. The quantitative estimate of drug-likeness (QED) is 0.255. The van der Waals surface area contributed by atoms with Crippen molar-refractivity contribution in [1.82, 2.24) is 0 Å². The van der Waals surface area contributed by atoms with Crippen LogP contribution in [0.1, 0.15) is 153 Å². The van der Waals surface area contributed by atoms with Gasteiger partial charge in [0.2, 0.25) is 0 Å². The van der Waals surface area contributed by atoms with Crippen molar-refractivity contribution >= 4 is 19.9 Å². The standard InChI is InChI=1S/C37H54Si/c1-11-34(12-2)24-36(15-5,16-6)31-29(34)23-30-32(37(17-7,18-8)25-35(30,13-3)14-4)33(31)38-27(10)28-21-19-26(9)20-22-28/h19-23H,10-18,24-25H2,1-9H3. The normalized spacial score (nSPS) is 19.8. The Morgan fingerprint density at radius 3 is 1.34 bits per heavy atom. The van der Waals surface area contributed by atoms with Gasteiger partial charge in [-0.05, 0) is 121 Å². The number of aryl methyl sites for hydroxylation is 1. The Morgan fingerprint density at radius 2 is 1.00 bits per heavy atom. The summed E-state index contributed by atoms with van der Waals surface area (Å²) in [6.07, 6.45) is 12.6. The third-order valence-corrected chi connectivity index (χ3v) is 13.3. The van der Waals surface area contributed by atoms with E-state index in [2.05, 4.69) is 92.6 Å². The molecular formula is C37H54Si. The van der Waals surface area contributed by atoms with Crippen LogP contribution < -0.4 is 5.19 Å². The molecule has 2 aliphatic rings. The predicted octanol–water partition coefficient (Wildman–Crippen LogP) is 10.0. The first-order valence-electron chi connectivity index (χ1n) is 15.9. The van der Waals surface area contributed by atoms with Gasteiger partial charge < -0.3 is 0 Å². The van der Waals surface area contributed by atoms with Crippen LogP contribution in [-0.4, -0.2) is 9.52 Å². The summed E-state index contributed by atoms with van der Waals surface area (Å²) in [7, 11) is 0.645. The van der Waals surface area contributed by atoms with Crippen molar-refractivity contribution in [1.29, 1.82) is 0 Å². The fraction of sp³-hybridized carbons (Fsp3) is 0.622. The van der Waals surface area contributed by atoms with Crippen LogP contribution in [0.3, 0.4) is 0 Å². The average Bonchev–Trinajstić information content (AvgIpc) is 3.42. The van der Waals surface area contributed by atoms with E-state index < -0.39 is 0 Å². The fourth-order valence-electron chi connectivity index (χ4n) is 8.86. The minimum absolute atomic E-state index is 0.281. The molecule has 0 aliphatic heterocycles. The van der Waals surface area contributed by atoms with Crippen LogP contribution in [0.4, 0.5) is 0 Å². The van der Waals surface area contributed by atoms with Crippen LogP contribution in [0.15, 0.2) is 36.9 Å². The second-order valence-corrected chi connectivity index (χ2v) is 14.2. The van der Waals surface area contributed by atoms with Crippen molar-refractivity contribution in [3.05, 3.63) is 70.3 Å². The highest BCUT2D eigenvalue weighted by Gasteiger charge is 2.56. The molecule has 0 amide bonds. The van der Waals surface area contributed by atoms with Gasteiger partial charge in [0.1, 0.15) is 9.52 Å². The molecule has 0 saturated heterocycles. The topological polar surface area (TPSA) is 0 Å². The Morgan fingerprint density at radius 1 is 0.632 bits per heavy atom. The summed E-state index contributed by atoms with van der Waals surface area (Å²) in [5.74, 6) is 0. The summed E-state index contributed by atoms with van der Waals surface area (Å²) in [5, 5.41) is 3.04. The number of hydrogen-bond donors (Lipinski definition) is 0. The molecule has 0 spiro atoms. The van der Waals surface area contributed by atoms with Gasteiger partial charge in [-0.15, -0.1) is 0 Å². The average molecular weight is 527 g/mol. The monoisotopic (exact) mass is 526 g/mol. The molecule has 0 unspecified atom stereocenters. The van der Waals surface area contributed by atoms with Crippen LogP contribution in [-0.2, 0) is 21.7 Å². The zero-order valence-corrected chi connectivity index (χ0v) is 27.2. The summed E-state index contributed by atoms with van der Waals surface area (Å²) < 4.78 is 0. The Bertz CT molecular complexity index is 1090. The molecule has 0 heterocycles. The Balaban J connectivity index is 2.13. The smallest absolute Gasteiger partial charge is 0.0993 e. The van der Waals surface area contributed by atoms with Crippen LogP contribution in [0.2, 0.25) is 0 Å². The first-order chi connectivity index (χ1) is 18.1. The van der Waals surface area contributed by atoms with Gasteiger partial charge in [0.05, 0.1) is 0 Å². The second-order valence-electron chi connectivity index (χ2n) is 12.9. The van der Waals surface area contributed by atoms with E-state index in [-0.39, 0.29) is 10.8 Å². The van der Waals surface area contributed by atoms with Crippen LogP contribution in [0.25, 0.3) is 5.20 Å². The number of rotatable bonds is 11. The summed E-state index contributed by atoms with van der Waals surface area (Å²) in [4.78, 5) is 0. The molecule has 0 fully saturated rings. The van der Waals surface area contributed by atoms with Gasteiger partial charge in [-0.25, -0.2) is 0 Å². The SMILES string of the molecule is C=C([Si]c1c2c(cc3c1C(CC)(CC)CC3(CC)CC)C(CC)(CC)CC2(CC)CC)c1ccc(C)cc1. The highest BCUT2D eigenvalue weighted by molar-refractivity contribution is 6.74. The van der Waals surface area contributed by atoms with Gasteiger partial charge in [-0.3, -0.25) is 0 Å². The van der Waals surface area contributed by atoms with Crippen molar-refractivity contribution < 1.29 is 0 Å². The molecule has 4 rings (SSSR count). The second kappa shape index (κ2) is 10.8. The predicted molar refractivity (Wildman–Crippen MR) is 170 cm³/mol. The lowest BCUT2D eigenvalue weighted by Gasteiger charge is -2.36. The van der Waals surface area contributed by atoms with E-state index in [1.807, 2.05) is 0 Å². The minimum Gasteiger partial charge on any atom is -0.0993 e. The van der Waals surface area contributed by atoms with Gasteiger partial charge in [0.15, 0.2) is 0 Å². The molecule has 38 heavy (non-hydrogen) atoms. The highest BCUT2D eigenvalue weighted by atomic mass is 28.2. The van der Waals surface area contributed by atoms with E-state index in [0.717, 1.165) is 0 Å². The zero-order valence-electron chi connectivity index (χ0n) is 26.2. The lowest BCUT2D eigenvalue weighted by atomic mass is 9.70. The third kappa shape index (κ3) is 4.13. The van der Waals surface area contributed by atoms with E-state index in [9.17, 15) is 0 Å². The van der Waals surface area contributed by atoms with Crippen molar-refractivity contribution in [3.8, 4) is 0 Å². The summed E-state index contributed by atoms with van der Waals surface area (Å²) in [6.45, 7) is 26.7. The van der Waals surface area contributed by atoms with Crippen molar-refractivity contribution in [2.45, 2.75) is 148 Å². The van der Waals surface area contributed by atoms with Crippen LogP contribution in [0.5, 0.6) is 0 Å². The summed E-state index contributed by atoms with van der Waals surface area (Å²) in [6, 6.07) is 11.9. The summed E-state index contributed by atoms with van der Waals surface area (Å²) >= 11 is 0. The molecule has 0 bridgehead atoms. The maximum atomic E-state index is 4.77. The summed E-state index contributed by atoms with van der Waals surface area (Å²) in [5.41, 5.74) is 10.8. The molecule has 2 aromatic rings. The third-order valence-electron chi connectivity index (χ3n) is 12.0. The van der Waals surface area contributed by atoms with Gasteiger partial charge in [-0.2, -0.15) is 0 Å². The van der Waals surface area contributed by atoms with Crippen molar-refractivity contribution in [3.63, 3.8) is 0 Å². The lowest BCUT2D eigenvalue weighted by molar-refractivity contribution is 0.279. The molecule has 2 aromatic carbocycles. The lowest BCUT2D eigenvalue weighted by Crippen LogP contribution is -2.38. The van der Waals surface area contributed by atoms with Crippen LogP contribution in [0, 0.1) is 6.92 Å². The molecule has 2 radical (unpaired) electrons. The van der Waals surface area contributed by atoms with E-state index in [4.69, 9.17) is 6.58 Å². The first kappa shape index (κ1) is 29.4.